The molecule has 1 N–H and O–H groups in total. The number of anilines is 1. The smallest absolute Gasteiger partial charge is 0.267 e. The predicted molar refractivity (Wildman–Crippen MR) is 105 cm³/mol. The molecule has 1 aliphatic rings. The maximum atomic E-state index is 12.1. The van der Waals surface area contributed by atoms with Gasteiger partial charge in [-0.15, -0.1) is 0 Å². The van der Waals surface area contributed by atoms with E-state index in [2.05, 4.69) is 39.7 Å². The van der Waals surface area contributed by atoms with E-state index < -0.39 is 0 Å². The van der Waals surface area contributed by atoms with Gasteiger partial charge in [0, 0.05) is 28.9 Å². The molecule has 1 aliphatic carbocycles. The second-order valence-corrected chi connectivity index (χ2v) is 7.24. The van der Waals surface area contributed by atoms with Crippen LogP contribution in [0.25, 0.3) is 10.9 Å². The molecule has 2 aromatic heterocycles. The van der Waals surface area contributed by atoms with Gasteiger partial charge in [-0.2, -0.15) is 5.10 Å². The Morgan fingerprint density at radius 1 is 1.00 bits per heavy atom. The Balaban J connectivity index is 1.49. The van der Waals surface area contributed by atoms with Crippen LogP contribution in [0.3, 0.4) is 0 Å². The highest BCUT2D eigenvalue weighted by Gasteiger charge is 2.24. The van der Waals surface area contributed by atoms with Crippen LogP contribution in [0.5, 0.6) is 0 Å². The summed E-state index contributed by atoms with van der Waals surface area (Å²) in [6.07, 6.45) is 4.00. The lowest BCUT2D eigenvalue weighted by molar-refractivity contribution is 0.302. The Morgan fingerprint density at radius 3 is 2.58 bits per heavy atom. The molecule has 1 fully saturated rings. The van der Waals surface area contributed by atoms with E-state index in [1.54, 1.807) is 16.8 Å². The summed E-state index contributed by atoms with van der Waals surface area (Å²) in [7, 11) is 0. The van der Waals surface area contributed by atoms with E-state index in [1.165, 1.54) is 0 Å². The van der Waals surface area contributed by atoms with Crippen LogP contribution in [0.4, 0.5) is 5.69 Å². The van der Waals surface area contributed by atoms with Gasteiger partial charge in [0.2, 0.25) is 0 Å². The van der Waals surface area contributed by atoms with Crippen molar-refractivity contribution in [3.05, 3.63) is 64.2 Å². The predicted octanol–water partition coefficient (Wildman–Crippen LogP) is 4.00. The molecule has 5 heteroatoms. The van der Waals surface area contributed by atoms with Crippen molar-refractivity contribution >= 4 is 16.6 Å². The summed E-state index contributed by atoms with van der Waals surface area (Å²) in [4.78, 5) is 16.7. The number of nitrogens with zero attached hydrogens (tertiary/aromatic N) is 3. The van der Waals surface area contributed by atoms with Crippen molar-refractivity contribution < 1.29 is 0 Å². The number of para-hydroxylation sites is 1. The van der Waals surface area contributed by atoms with Gasteiger partial charge < -0.3 is 5.32 Å². The lowest BCUT2D eigenvalue weighted by atomic mass is 9.91. The van der Waals surface area contributed by atoms with E-state index in [0.717, 1.165) is 53.7 Å². The van der Waals surface area contributed by atoms with Gasteiger partial charge in [0.05, 0.1) is 17.3 Å². The Morgan fingerprint density at radius 2 is 1.77 bits per heavy atom. The van der Waals surface area contributed by atoms with Crippen molar-refractivity contribution in [2.75, 3.05) is 5.32 Å². The summed E-state index contributed by atoms with van der Waals surface area (Å²) in [5.74, 6) is 0. The summed E-state index contributed by atoms with van der Waals surface area (Å²) in [6.45, 7) is 3.96. The summed E-state index contributed by atoms with van der Waals surface area (Å²) < 4.78 is 1.68. The molecule has 0 bridgehead atoms. The minimum atomic E-state index is 0.00256. The van der Waals surface area contributed by atoms with E-state index in [-0.39, 0.29) is 11.6 Å². The fraction of sp³-hybridized carbons (Fsp3) is 0.381. The summed E-state index contributed by atoms with van der Waals surface area (Å²) >= 11 is 0. The SMILES string of the molecule is Cc1cc(NC2CCC(n3nc(C)ccc3=O)CC2)c2ccccc2n1. The maximum absolute atomic E-state index is 12.1. The van der Waals surface area contributed by atoms with Crippen molar-refractivity contribution in [1.29, 1.82) is 0 Å². The second-order valence-electron chi connectivity index (χ2n) is 7.24. The molecular weight excluding hydrogens is 324 g/mol. The van der Waals surface area contributed by atoms with Gasteiger partial charge in [-0.05, 0) is 57.7 Å². The van der Waals surface area contributed by atoms with E-state index in [9.17, 15) is 4.79 Å². The minimum absolute atomic E-state index is 0.00256. The molecule has 134 valence electrons. The zero-order valence-corrected chi connectivity index (χ0v) is 15.3. The lowest BCUT2D eigenvalue weighted by Gasteiger charge is -2.30. The van der Waals surface area contributed by atoms with Gasteiger partial charge >= 0.3 is 0 Å². The number of hydrogen-bond acceptors (Lipinski definition) is 4. The molecule has 0 saturated heterocycles. The van der Waals surface area contributed by atoms with Gasteiger partial charge in [0.25, 0.3) is 5.56 Å². The normalized spacial score (nSPS) is 20.2. The molecule has 0 aliphatic heterocycles. The van der Waals surface area contributed by atoms with Gasteiger partial charge in [-0.25, -0.2) is 4.68 Å². The maximum Gasteiger partial charge on any atom is 0.267 e. The molecule has 0 amide bonds. The van der Waals surface area contributed by atoms with Crippen LogP contribution in [-0.2, 0) is 0 Å². The number of hydrogen-bond donors (Lipinski definition) is 1. The van der Waals surface area contributed by atoms with E-state index in [0.29, 0.717) is 6.04 Å². The van der Waals surface area contributed by atoms with Crippen LogP contribution in [0.2, 0.25) is 0 Å². The van der Waals surface area contributed by atoms with Gasteiger partial charge in [0.1, 0.15) is 0 Å². The van der Waals surface area contributed by atoms with Crippen molar-refractivity contribution in [3.63, 3.8) is 0 Å². The summed E-state index contributed by atoms with van der Waals surface area (Å²) in [5.41, 5.74) is 4.10. The van der Waals surface area contributed by atoms with E-state index in [1.807, 2.05) is 19.9 Å². The monoisotopic (exact) mass is 348 g/mol. The Bertz CT molecular complexity index is 987. The molecule has 0 unspecified atom stereocenters. The molecule has 0 spiro atoms. The van der Waals surface area contributed by atoms with Crippen molar-refractivity contribution in [1.82, 2.24) is 14.8 Å². The van der Waals surface area contributed by atoms with Crippen LogP contribution < -0.4 is 10.9 Å². The fourth-order valence-electron chi connectivity index (χ4n) is 3.89. The highest BCUT2D eigenvalue weighted by molar-refractivity contribution is 5.91. The van der Waals surface area contributed by atoms with Crippen LogP contribution >= 0.6 is 0 Å². The average Bonchev–Trinajstić information content (AvgIpc) is 2.64. The third-order valence-electron chi connectivity index (χ3n) is 5.20. The van der Waals surface area contributed by atoms with E-state index >= 15 is 0 Å². The third-order valence-corrected chi connectivity index (χ3v) is 5.20. The van der Waals surface area contributed by atoms with Crippen molar-refractivity contribution in [2.24, 2.45) is 0 Å². The molecule has 26 heavy (non-hydrogen) atoms. The molecule has 1 saturated carbocycles. The first kappa shape index (κ1) is 16.8. The van der Waals surface area contributed by atoms with Crippen LogP contribution in [0.1, 0.15) is 43.1 Å². The number of pyridine rings is 1. The number of benzene rings is 1. The molecular formula is C21H24N4O. The lowest BCUT2D eigenvalue weighted by Crippen LogP contribution is -2.33. The van der Waals surface area contributed by atoms with E-state index in [4.69, 9.17) is 0 Å². The molecule has 5 nitrogen and oxygen atoms in total. The molecule has 0 atom stereocenters. The molecule has 4 rings (SSSR count). The Labute approximate surface area is 153 Å². The Hall–Kier alpha value is -2.69. The highest BCUT2D eigenvalue weighted by Crippen LogP contribution is 2.31. The summed E-state index contributed by atoms with van der Waals surface area (Å²) in [5, 5.41) is 9.31. The zero-order chi connectivity index (χ0) is 18.1. The number of rotatable bonds is 3. The van der Waals surface area contributed by atoms with Crippen molar-refractivity contribution in [2.45, 2.75) is 51.6 Å². The van der Waals surface area contributed by atoms with Crippen LogP contribution in [-0.4, -0.2) is 20.8 Å². The quantitative estimate of drug-likeness (QED) is 0.777. The number of fused-ring (bicyclic) bond motifs is 1. The van der Waals surface area contributed by atoms with Gasteiger partial charge in [0.15, 0.2) is 0 Å². The zero-order valence-electron chi connectivity index (χ0n) is 15.3. The number of aryl methyl sites for hydroxylation is 2. The standard InChI is InChI=1S/C21H24N4O/c1-14-7-12-21(26)25(24-14)17-10-8-16(9-11-17)23-20-13-15(2)22-19-6-4-3-5-18(19)20/h3-7,12-13,16-17H,8-11H2,1-2H3,(H,22,23). The second kappa shape index (κ2) is 6.90. The topological polar surface area (TPSA) is 59.8 Å². The Kier molecular flexibility index (Phi) is 4.45. The minimum Gasteiger partial charge on any atom is -0.382 e. The molecule has 1 aromatic carbocycles. The fourth-order valence-corrected chi connectivity index (χ4v) is 3.89. The molecule has 2 heterocycles. The number of nitrogens with one attached hydrogen (secondary N) is 1. The third kappa shape index (κ3) is 3.34. The van der Waals surface area contributed by atoms with Gasteiger partial charge in [-0.3, -0.25) is 9.78 Å². The summed E-state index contributed by atoms with van der Waals surface area (Å²) in [6, 6.07) is 14.4. The first-order valence-corrected chi connectivity index (χ1v) is 9.29. The molecule has 0 radical (unpaired) electrons. The van der Waals surface area contributed by atoms with Crippen LogP contribution in [0, 0.1) is 13.8 Å². The van der Waals surface area contributed by atoms with Gasteiger partial charge in [-0.1, -0.05) is 18.2 Å². The van der Waals surface area contributed by atoms with Crippen molar-refractivity contribution in [3.8, 4) is 0 Å². The first-order valence-electron chi connectivity index (χ1n) is 9.29. The average molecular weight is 348 g/mol. The largest absolute Gasteiger partial charge is 0.382 e. The van der Waals surface area contributed by atoms with Crippen LogP contribution in [0.15, 0.2) is 47.3 Å². The highest BCUT2D eigenvalue weighted by atomic mass is 16.1. The molecule has 3 aromatic rings. The first-order chi connectivity index (χ1) is 12.6. The number of aromatic nitrogens is 3.